The smallest absolute Gasteiger partial charge is 0.0575 e. The lowest BCUT2D eigenvalue weighted by atomic mass is 9.72. The van der Waals surface area contributed by atoms with Crippen molar-refractivity contribution in [1.29, 1.82) is 0 Å². The molecule has 0 aromatic rings. The Morgan fingerprint density at radius 2 is 0.853 bits per heavy atom. The summed E-state index contributed by atoms with van der Waals surface area (Å²) in [4.78, 5) is 0. The van der Waals surface area contributed by atoms with Crippen LogP contribution in [0.5, 0.6) is 0 Å². The van der Waals surface area contributed by atoms with Crippen LogP contribution >= 0.6 is 0 Å². The molecule has 2 atom stereocenters. The quantitative estimate of drug-likeness (QED) is 0.442. The molecule has 198 valence electrons. The van der Waals surface area contributed by atoms with E-state index in [4.69, 9.17) is 9.47 Å². The van der Waals surface area contributed by atoms with Crippen LogP contribution in [0.1, 0.15) is 120 Å². The van der Waals surface area contributed by atoms with E-state index in [2.05, 4.69) is 66.0 Å². The van der Waals surface area contributed by atoms with E-state index in [-0.39, 0.29) is 22.2 Å². The van der Waals surface area contributed by atoms with E-state index in [0.29, 0.717) is 24.0 Å². The summed E-state index contributed by atoms with van der Waals surface area (Å²) in [5.74, 6) is 3.07. The summed E-state index contributed by atoms with van der Waals surface area (Å²) in [6, 6.07) is 0. The molecule has 0 radical (unpaired) electrons. The van der Waals surface area contributed by atoms with Gasteiger partial charge in [0.25, 0.3) is 0 Å². The molecule has 0 spiro atoms. The Labute approximate surface area is 211 Å². The zero-order chi connectivity index (χ0) is 24.8. The van der Waals surface area contributed by atoms with E-state index in [1.54, 1.807) is 0 Å². The van der Waals surface area contributed by atoms with Crippen molar-refractivity contribution in [3.8, 4) is 0 Å². The maximum Gasteiger partial charge on any atom is 0.0575 e. The Hall–Kier alpha value is -0.160. The Kier molecular flexibility index (Phi) is 7.87. The average molecular weight is 477 g/mol. The summed E-state index contributed by atoms with van der Waals surface area (Å²) in [6.07, 6.45) is 14.0. The molecule has 4 heteroatoms. The van der Waals surface area contributed by atoms with Crippen LogP contribution in [0, 0.1) is 23.7 Å². The van der Waals surface area contributed by atoms with Gasteiger partial charge in [-0.25, -0.2) is 0 Å². The molecular formula is C30H56N2O2. The predicted molar refractivity (Wildman–Crippen MR) is 142 cm³/mol. The van der Waals surface area contributed by atoms with Crippen molar-refractivity contribution >= 4 is 0 Å². The molecule has 2 saturated carbocycles. The van der Waals surface area contributed by atoms with Crippen LogP contribution in [0.2, 0.25) is 0 Å². The summed E-state index contributed by atoms with van der Waals surface area (Å²) in [7, 11) is 0. The first kappa shape index (κ1) is 26.9. The van der Waals surface area contributed by atoms with Gasteiger partial charge in [-0.1, -0.05) is 0 Å². The molecule has 4 fully saturated rings. The van der Waals surface area contributed by atoms with Gasteiger partial charge in [-0.05, 0) is 131 Å². The van der Waals surface area contributed by atoms with Crippen molar-refractivity contribution < 1.29 is 9.47 Å². The average Bonchev–Trinajstić information content (AvgIpc) is 3.09. The minimum atomic E-state index is 0.182. The number of rotatable bonds is 7. The number of hydrogen-bond acceptors (Lipinski definition) is 4. The molecule has 2 heterocycles. The molecule has 4 nitrogen and oxygen atoms in total. The van der Waals surface area contributed by atoms with Crippen LogP contribution < -0.4 is 10.6 Å². The summed E-state index contributed by atoms with van der Waals surface area (Å²) >= 11 is 0. The maximum absolute atomic E-state index is 6.50. The van der Waals surface area contributed by atoms with E-state index >= 15 is 0 Å². The molecule has 2 aliphatic heterocycles. The highest BCUT2D eigenvalue weighted by Crippen LogP contribution is 2.42. The van der Waals surface area contributed by atoms with Gasteiger partial charge in [-0.3, -0.25) is 0 Å². The van der Waals surface area contributed by atoms with Crippen LogP contribution in [0.25, 0.3) is 0 Å². The zero-order valence-corrected chi connectivity index (χ0v) is 23.8. The SMILES string of the molecule is CC1(C)CC(COC2CCC(C3CCC(OCC4CC(C)(C)NC4(C)C)CC3)CC2)C(C)(C)N1. The van der Waals surface area contributed by atoms with Crippen molar-refractivity contribution in [3.63, 3.8) is 0 Å². The van der Waals surface area contributed by atoms with Gasteiger partial charge in [0.1, 0.15) is 0 Å². The first-order valence-corrected chi connectivity index (χ1v) is 14.6. The number of ether oxygens (including phenoxy) is 2. The van der Waals surface area contributed by atoms with Gasteiger partial charge in [0.15, 0.2) is 0 Å². The fraction of sp³-hybridized carbons (Fsp3) is 1.00. The minimum absolute atomic E-state index is 0.182. The van der Waals surface area contributed by atoms with Crippen LogP contribution in [0.15, 0.2) is 0 Å². The zero-order valence-electron chi connectivity index (χ0n) is 23.8. The Bertz CT molecular complexity index is 611. The van der Waals surface area contributed by atoms with Gasteiger partial charge in [0.05, 0.1) is 25.4 Å². The van der Waals surface area contributed by atoms with Gasteiger partial charge in [0.2, 0.25) is 0 Å². The van der Waals surface area contributed by atoms with Gasteiger partial charge < -0.3 is 20.1 Å². The van der Waals surface area contributed by atoms with Crippen molar-refractivity contribution in [2.75, 3.05) is 13.2 Å². The Morgan fingerprint density at radius 1 is 0.529 bits per heavy atom. The molecule has 34 heavy (non-hydrogen) atoms. The third-order valence-electron chi connectivity index (χ3n) is 10.0. The fourth-order valence-corrected chi connectivity index (χ4v) is 8.29. The topological polar surface area (TPSA) is 42.5 Å². The first-order valence-electron chi connectivity index (χ1n) is 14.6. The molecule has 2 unspecified atom stereocenters. The number of nitrogens with one attached hydrogen (secondary N) is 2. The summed E-state index contributed by atoms with van der Waals surface area (Å²) in [5, 5.41) is 7.60. The largest absolute Gasteiger partial charge is 0.378 e. The van der Waals surface area contributed by atoms with Gasteiger partial charge in [-0.15, -0.1) is 0 Å². The molecule has 0 amide bonds. The second-order valence-electron chi connectivity index (χ2n) is 15.0. The van der Waals surface area contributed by atoms with E-state index in [0.717, 1.165) is 25.0 Å². The van der Waals surface area contributed by atoms with E-state index in [1.165, 1.54) is 64.2 Å². The van der Waals surface area contributed by atoms with Crippen molar-refractivity contribution in [1.82, 2.24) is 10.6 Å². The minimum Gasteiger partial charge on any atom is -0.378 e. The summed E-state index contributed by atoms with van der Waals surface area (Å²) < 4.78 is 13.0. The normalized spacial score (nSPS) is 40.9. The summed E-state index contributed by atoms with van der Waals surface area (Å²) in [6.45, 7) is 20.5. The molecule has 0 aromatic carbocycles. The second-order valence-corrected chi connectivity index (χ2v) is 15.0. The second kappa shape index (κ2) is 9.95. The lowest BCUT2D eigenvalue weighted by Gasteiger charge is -2.38. The lowest BCUT2D eigenvalue weighted by Crippen LogP contribution is -2.46. The monoisotopic (exact) mass is 476 g/mol. The van der Waals surface area contributed by atoms with Crippen LogP contribution in [0.4, 0.5) is 0 Å². The van der Waals surface area contributed by atoms with Crippen LogP contribution in [-0.4, -0.2) is 47.6 Å². The number of hydrogen-bond donors (Lipinski definition) is 2. The molecular weight excluding hydrogens is 420 g/mol. The fourth-order valence-electron chi connectivity index (χ4n) is 8.29. The standard InChI is InChI=1S/C30H56N2O2/c1-27(2)17-23(29(5,6)31-27)19-33-25-13-9-21(10-14-25)22-11-15-26(16-12-22)34-20-24-18-28(3,4)32-30(24,7)8/h21-26,31-32H,9-20H2,1-8H3. The molecule has 2 N–H and O–H groups in total. The molecule has 2 saturated heterocycles. The molecule has 4 rings (SSSR count). The van der Waals surface area contributed by atoms with Gasteiger partial charge >= 0.3 is 0 Å². The van der Waals surface area contributed by atoms with Gasteiger partial charge in [-0.2, -0.15) is 0 Å². The first-order chi connectivity index (χ1) is 15.7. The van der Waals surface area contributed by atoms with E-state index in [1.807, 2.05) is 0 Å². The van der Waals surface area contributed by atoms with Crippen molar-refractivity contribution in [3.05, 3.63) is 0 Å². The Balaban J connectivity index is 1.13. The van der Waals surface area contributed by atoms with Crippen molar-refractivity contribution in [2.45, 2.75) is 154 Å². The summed E-state index contributed by atoms with van der Waals surface area (Å²) in [5.41, 5.74) is 0.834. The molecule has 0 bridgehead atoms. The maximum atomic E-state index is 6.50. The van der Waals surface area contributed by atoms with Crippen molar-refractivity contribution in [2.24, 2.45) is 23.7 Å². The van der Waals surface area contributed by atoms with Crippen LogP contribution in [0.3, 0.4) is 0 Å². The van der Waals surface area contributed by atoms with E-state index < -0.39 is 0 Å². The highest BCUT2D eigenvalue weighted by Gasteiger charge is 2.45. The molecule has 2 aliphatic carbocycles. The highest BCUT2D eigenvalue weighted by molar-refractivity contribution is 5.03. The predicted octanol–water partition coefficient (Wildman–Crippen LogP) is 6.47. The third-order valence-corrected chi connectivity index (χ3v) is 10.0. The lowest BCUT2D eigenvalue weighted by molar-refractivity contribution is -0.0315. The van der Waals surface area contributed by atoms with Crippen LogP contribution in [-0.2, 0) is 9.47 Å². The third kappa shape index (κ3) is 6.58. The Morgan fingerprint density at radius 3 is 1.12 bits per heavy atom. The highest BCUT2D eigenvalue weighted by atomic mass is 16.5. The van der Waals surface area contributed by atoms with E-state index in [9.17, 15) is 0 Å². The molecule has 0 aromatic heterocycles. The molecule has 4 aliphatic rings. The van der Waals surface area contributed by atoms with Gasteiger partial charge in [0, 0.05) is 34.0 Å².